The number of aliphatic imine (C=N–C) groups is 1. The number of carbonyl (C=O) groups is 1. The lowest BCUT2D eigenvalue weighted by Gasteiger charge is -2.34. The Kier molecular flexibility index (Phi) is 7.76. The van der Waals surface area contributed by atoms with Gasteiger partial charge < -0.3 is 15.5 Å². The van der Waals surface area contributed by atoms with E-state index in [1.54, 1.807) is 13.1 Å². The normalized spacial score (nSPS) is 22.7. The van der Waals surface area contributed by atoms with E-state index < -0.39 is 0 Å². The van der Waals surface area contributed by atoms with Crippen molar-refractivity contribution in [2.75, 3.05) is 31.6 Å². The van der Waals surface area contributed by atoms with Gasteiger partial charge in [-0.3, -0.25) is 9.79 Å². The number of amides is 1. The van der Waals surface area contributed by atoms with E-state index in [-0.39, 0.29) is 24.3 Å². The molecule has 1 heterocycles. The molecule has 8 heteroatoms. The molecule has 0 atom stereocenters. The van der Waals surface area contributed by atoms with Gasteiger partial charge in [0.25, 0.3) is 0 Å². The minimum atomic E-state index is -0.345. The number of nitrogens with one attached hydrogen (secondary N) is 2. The van der Waals surface area contributed by atoms with Gasteiger partial charge in [0.2, 0.25) is 5.91 Å². The zero-order valence-electron chi connectivity index (χ0n) is 16.8. The van der Waals surface area contributed by atoms with Crippen LogP contribution in [0.5, 0.6) is 0 Å². The van der Waals surface area contributed by atoms with E-state index in [9.17, 15) is 9.18 Å². The van der Waals surface area contributed by atoms with Crippen LogP contribution in [0.2, 0.25) is 0 Å². The molecule has 1 saturated heterocycles. The van der Waals surface area contributed by atoms with Crippen LogP contribution in [0.4, 0.5) is 4.39 Å². The second kappa shape index (κ2) is 10.5. The van der Waals surface area contributed by atoms with E-state index >= 15 is 0 Å². The molecular formula is C21H28FN5OS. The first-order valence-electron chi connectivity index (χ1n) is 10.1. The number of rotatable bonds is 4. The highest BCUT2D eigenvalue weighted by atomic mass is 32.2. The fourth-order valence-corrected chi connectivity index (χ4v) is 4.78. The molecule has 1 saturated carbocycles. The summed E-state index contributed by atoms with van der Waals surface area (Å²) >= 11 is 1.91. The SMILES string of the molecule is CN=C(NCc1cc(C#N)ccc1F)NC1CCC(C(=O)N2CCSCC2)CC1. The molecule has 2 aliphatic rings. The van der Waals surface area contributed by atoms with Crippen LogP contribution < -0.4 is 10.6 Å². The second-order valence-electron chi connectivity index (χ2n) is 7.47. The van der Waals surface area contributed by atoms with Crippen molar-refractivity contribution in [1.82, 2.24) is 15.5 Å². The lowest BCUT2D eigenvalue weighted by molar-refractivity contribution is -0.136. The Morgan fingerprint density at radius 1 is 1.31 bits per heavy atom. The summed E-state index contributed by atoms with van der Waals surface area (Å²) in [5, 5.41) is 15.5. The molecule has 29 heavy (non-hydrogen) atoms. The average molecular weight is 418 g/mol. The molecule has 0 radical (unpaired) electrons. The Morgan fingerprint density at radius 3 is 2.69 bits per heavy atom. The monoisotopic (exact) mass is 417 g/mol. The Balaban J connectivity index is 1.46. The van der Waals surface area contributed by atoms with E-state index in [2.05, 4.69) is 15.6 Å². The number of carbonyl (C=O) groups excluding carboxylic acids is 1. The van der Waals surface area contributed by atoms with Crippen LogP contribution >= 0.6 is 11.8 Å². The highest BCUT2D eigenvalue weighted by Gasteiger charge is 2.30. The summed E-state index contributed by atoms with van der Waals surface area (Å²) in [5.41, 5.74) is 0.863. The molecule has 0 spiro atoms. The topological polar surface area (TPSA) is 80.5 Å². The average Bonchev–Trinajstić information content (AvgIpc) is 2.78. The highest BCUT2D eigenvalue weighted by molar-refractivity contribution is 7.99. The van der Waals surface area contributed by atoms with Crippen LogP contribution in [0.15, 0.2) is 23.2 Å². The van der Waals surface area contributed by atoms with Gasteiger partial charge in [-0.2, -0.15) is 17.0 Å². The molecule has 156 valence electrons. The van der Waals surface area contributed by atoms with Crippen LogP contribution in [0.3, 0.4) is 0 Å². The standard InChI is InChI=1S/C21H28FN5OS/c1-24-21(25-14-17-12-15(13-23)2-7-19(17)22)26-18-5-3-16(4-6-18)20(28)27-8-10-29-11-9-27/h2,7,12,16,18H,3-6,8-11,14H2,1H3,(H2,24,25,26). The minimum absolute atomic E-state index is 0.133. The van der Waals surface area contributed by atoms with Gasteiger partial charge in [-0.15, -0.1) is 0 Å². The Hall–Kier alpha value is -2.27. The number of hydrogen-bond donors (Lipinski definition) is 2. The van der Waals surface area contributed by atoms with E-state index in [0.717, 1.165) is 50.3 Å². The summed E-state index contributed by atoms with van der Waals surface area (Å²) in [6.07, 6.45) is 3.60. The number of thioether (sulfide) groups is 1. The largest absolute Gasteiger partial charge is 0.354 e. The minimum Gasteiger partial charge on any atom is -0.354 e. The predicted octanol–water partition coefficient (Wildman–Crippen LogP) is 2.50. The van der Waals surface area contributed by atoms with Gasteiger partial charge in [-0.1, -0.05) is 0 Å². The Morgan fingerprint density at radius 2 is 2.03 bits per heavy atom. The zero-order valence-corrected chi connectivity index (χ0v) is 17.6. The van der Waals surface area contributed by atoms with Crippen molar-refractivity contribution in [3.63, 3.8) is 0 Å². The second-order valence-corrected chi connectivity index (χ2v) is 8.70. The number of benzene rings is 1. The molecule has 0 unspecified atom stereocenters. The molecule has 0 bridgehead atoms. The predicted molar refractivity (Wildman–Crippen MR) is 114 cm³/mol. The van der Waals surface area contributed by atoms with Crippen LogP contribution in [0, 0.1) is 23.1 Å². The van der Waals surface area contributed by atoms with Gasteiger partial charge in [0.15, 0.2) is 5.96 Å². The maximum absolute atomic E-state index is 13.9. The highest BCUT2D eigenvalue weighted by Crippen LogP contribution is 2.27. The molecule has 2 fully saturated rings. The van der Waals surface area contributed by atoms with Gasteiger partial charge in [-0.25, -0.2) is 4.39 Å². The van der Waals surface area contributed by atoms with Crippen LogP contribution in [-0.4, -0.2) is 54.5 Å². The van der Waals surface area contributed by atoms with Crippen molar-refractivity contribution in [2.24, 2.45) is 10.9 Å². The zero-order chi connectivity index (χ0) is 20.6. The third-order valence-corrected chi connectivity index (χ3v) is 6.53. The van der Waals surface area contributed by atoms with E-state index in [4.69, 9.17) is 5.26 Å². The Bertz CT molecular complexity index is 780. The molecule has 1 amide bonds. The number of hydrogen-bond acceptors (Lipinski definition) is 4. The van der Waals surface area contributed by atoms with Crippen LogP contribution in [0.1, 0.15) is 36.8 Å². The first-order valence-corrected chi connectivity index (χ1v) is 11.3. The summed E-state index contributed by atoms with van der Waals surface area (Å²) in [7, 11) is 1.68. The van der Waals surface area contributed by atoms with Gasteiger partial charge in [-0.05, 0) is 43.9 Å². The van der Waals surface area contributed by atoms with E-state index in [1.807, 2.05) is 22.7 Å². The summed E-state index contributed by atoms with van der Waals surface area (Å²) in [6, 6.07) is 6.60. The molecule has 2 N–H and O–H groups in total. The number of nitriles is 1. The lowest BCUT2D eigenvalue weighted by atomic mass is 9.85. The molecule has 1 aliphatic carbocycles. The van der Waals surface area contributed by atoms with Crippen LogP contribution in [-0.2, 0) is 11.3 Å². The molecule has 1 aliphatic heterocycles. The first-order chi connectivity index (χ1) is 14.1. The third kappa shape index (κ3) is 5.86. The summed E-state index contributed by atoms with van der Waals surface area (Å²) in [4.78, 5) is 18.9. The molecule has 0 aromatic heterocycles. The molecule has 1 aromatic rings. The first kappa shape index (κ1) is 21.4. The quantitative estimate of drug-likeness (QED) is 0.581. The van der Waals surface area contributed by atoms with Gasteiger partial charge in [0.05, 0.1) is 11.6 Å². The summed E-state index contributed by atoms with van der Waals surface area (Å²) in [6.45, 7) is 2.01. The van der Waals surface area contributed by atoms with Crippen molar-refractivity contribution in [3.05, 3.63) is 35.1 Å². The summed E-state index contributed by atoms with van der Waals surface area (Å²) in [5.74, 6) is 2.80. The number of nitrogens with zero attached hydrogens (tertiary/aromatic N) is 3. The maximum atomic E-state index is 13.9. The van der Waals surface area contributed by atoms with Crippen molar-refractivity contribution in [3.8, 4) is 6.07 Å². The lowest BCUT2D eigenvalue weighted by Crippen LogP contribution is -2.47. The Labute approximate surface area is 175 Å². The van der Waals surface area contributed by atoms with Gasteiger partial charge >= 0.3 is 0 Å². The maximum Gasteiger partial charge on any atom is 0.225 e. The van der Waals surface area contributed by atoms with E-state index in [0.29, 0.717) is 23.0 Å². The third-order valence-electron chi connectivity index (χ3n) is 5.58. The summed E-state index contributed by atoms with van der Waals surface area (Å²) < 4.78 is 13.9. The van der Waals surface area contributed by atoms with Crippen molar-refractivity contribution in [2.45, 2.75) is 38.3 Å². The van der Waals surface area contributed by atoms with E-state index in [1.165, 1.54) is 12.1 Å². The van der Waals surface area contributed by atoms with Crippen molar-refractivity contribution < 1.29 is 9.18 Å². The fourth-order valence-electron chi connectivity index (χ4n) is 3.87. The van der Waals surface area contributed by atoms with Gasteiger partial charge in [0, 0.05) is 55.7 Å². The number of guanidine groups is 1. The molecule has 1 aromatic carbocycles. The molecular weight excluding hydrogens is 389 g/mol. The number of halogens is 1. The molecule has 6 nitrogen and oxygen atoms in total. The smallest absolute Gasteiger partial charge is 0.225 e. The van der Waals surface area contributed by atoms with Crippen molar-refractivity contribution >= 4 is 23.6 Å². The molecule has 3 rings (SSSR count). The fraction of sp³-hybridized carbons (Fsp3) is 0.571. The van der Waals surface area contributed by atoms with Crippen LogP contribution in [0.25, 0.3) is 0 Å². The van der Waals surface area contributed by atoms with Crippen molar-refractivity contribution in [1.29, 1.82) is 5.26 Å². The van der Waals surface area contributed by atoms with Gasteiger partial charge in [0.1, 0.15) is 5.82 Å².